The highest BCUT2D eigenvalue weighted by Gasteiger charge is 2.17. The first kappa shape index (κ1) is 15.7. The Labute approximate surface area is 137 Å². The standard InChI is InChI=1S/C13H15Br2N3OS/c1-3-18-11(13(15)8(2)17-18)7-20(19)12-6-9(14)4-5-10(12)16/h4-6H,3,7,16H2,1-2H3. The molecule has 2 N–H and O–H groups in total. The van der Waals surface area contributed by atoms with E-state index in [9.17, 15) is 4.21 Å². The zero-order valence-electron chi connectivity index (χ0n) is 11.2. The van der Waals surface area contributed by atoms with Crippen LogP contribution >= 0.6 is 31.9 Å². The molecule has 0 radical (unpaired) electrons. The predicted molar refractivity (Wildman–Crippen MR) is 89.0 cm³/mol. The first-order valence-electron chi connectivity index (χ1n) is 6.09. The smallest absolute Gasteiger partial charge is 0.0739 e. The summed E-state index contributed by atoms with van der Waals surface area (Å²) in [5, 5.41) is 4.41. The second kappa shape index (κ2) is 6.41. The molecular formula is C13H15Br2N3OS. The number of aryl methyl sites for hydroxylation is 2. The molecule has 20 heavy (non-hydrogen) atoms. The molecule has 1 unspecified atom stereocenters. The van der Waals surface area contributed by atoms with Crippen LogP contribution in [0.4, 0.5) is 5.69 Å². The Morgan fingerprint density at radius 1 is 1.40 bits per heavy atom. The highest BCUT2D eigenvalue weighted by Crippen LogP contribution is 2.27. The fraction of sp³-hybridized carbons (Fsp3) is 0.308. The quantitative estimate of drug-likeness (QED) is 0.768. The van der Waals surface area contributed by atoms with Gasteiger partial charge in [0, 0.05) is 16.7 Å². The van der Waals surface area contributed by atoms with Gasteiger partial charge in [0.2, 0.25) is 0 Å². The van der Waals surface area contributed by atoms with Crippen LogP contribution in [0.25, 0.3) is 0 Å². The Kier molecular flexibility index (Phi) is 5.04. The Morgan fingerprint density at radius 2 is 2.10 bits per heavy atom. The Hall–Kier alpha value is -0.660. The molecule has 2 aromatic rings. The number of hydrogen-bond donors (Lipinski definition) is 1. The monoisotopic (exact) mass is 419 g/mol. The molecule has 0 aliphatic carbocycles. The van der Waals surface area contributed by atoms with Gasteiger partial charge < -0.3 is 5.73 Å². The Bertz CT molecular complexity index is 670. The Balaban J connectivity index is 2.35. The van der Waals surface area contributed by atoms with Gasteiger partial charge in [0.05, 0.1) is 37.3 Å². The lowest BCUT2D eigenvalue weighted by Crippen LogP contribution is -2.07. The molecule has 4 nitrogen and oxygen atoms in total. The van der Waals surface area contributed by atoms with Crippen LogP contribution in [-0.2, 0) is 23.1 Å². The summed E-state index contributed by atoms with van der Waals surface area (Å²) >= 11 is 6.90. The molecule has 108 valence electrons. The first-order valence-corrected chi connectivity index (χ1v) is 8.99. The van der Waals surface area contributed by atoms with Crippen molar-refractivity contribution in [3.8, 4) is 0 Å². The summed E-state index contributed by atoms with van der Waals surface area (Å²) in [6.07, 6.45) is 0. The Morgan fingerprint density at radius 3 is 2.75 bits per heavy atom. The van der Waals surface area contributed by atoms with Crippen molar-refractivity contribution in [2.45, 2.75) is 31.0 Å². The molecule has 0 aliphatic heterocycles. The molecule has 1 aromatic heterocycles. The lowest BCUT2D eigenvalue weighted by atomic mass is 10.3. The van der Waals surface area contributed by atoms with Gasteiger partial charge in [0.15, 0.2) is 0 Å². The molecule has 1 atom stereocenters. The average molecular weight is 421 g/mol. The van der Waals surface area contributed by atoms with E-state index in [2.05, 4.69) is 37.0 Å². The van der Waals surface area contributed by atoms with Gasteiger partial charge >= 0.3 is 0 Å². The average Bonchev–Trinajstić information content (AvgIpc) is 2.69. The SMILES string of the molecule is CCn1nc(C)c(Br)c1CS(=O)c1cc(Br)ccc1N. The van der Waals surface area contributed by atoms with Gasteiger partial charge in [0.25, 0.3) is 0 Å². The lowest BCUT2D eigenvalue weighted by Gasteiger charge is -2.08. The van der Waals surface area contributed by atoms with E-state index in [1.165, 1.54) is 0 Å². The lowest BCUT2D eigenvalue weighted by molar-refractivity contribution is 0.626. The third kappa shape index (κ3) is 3.15. The maximum Gasteiger partial charge on any atom is 0.0739 e. The molecule has 0 spiro atoms. The molecule has 0 fully saturated rings. The molecule has 7 heteroatoms. The van der Waals surface area contributed by atoms with Crippen LogP contribution in [0, 0.1) is 6.92 Å². The zero-order chi connectivity index (χ0) is 14.9. The predicted octanol–water partition coefficient (Wildman–Crippen LogP) is 3.63. The number of halogens is 2. The maximum atomic E-state index is 12.6. The minimum absolute atomic E-state index is 0.385. The number of nitrogens with zero attached hydrogens (tertiary/aromatic N) is 2. The maximum absolute atomic E-state index is 12.6. The number of hydrogen-bond acceptors (Lipinski definition) is 3. The minimum Gasteiger partial charge on any atom is -0.398 e. The van der Waals surface area contributed by atoms with E-state index in [0.717, 1.165) is 26.9 Å². The summed E-state index contributed by atoms with van der Waals surface area (Å²) in [7, 11) is -1.21. The van der Waals surface area contributed by atoms with Crippen LogP contribution in [0.2, 0.25) is 0 Å². The summed E-state index contributed by atoms with van der Waals surface area (Å²) in [6, 6.07) is 5.40. The van der Waals surface area contributed by atoms with E-state index in [-0.39, 0.29) is 0 Å². The molecule has 1 heterocycles. The van der Waals surface area contributed by atoms with E-state index in [4.69, 9.17) is 5.73 Å². The van der Waals surface area contributed by atoms with Crippen LogP contribution in [0.1, 0.15) is 18.3 Å². The third-order valence-corrected chi connectivity index (χ3v) is 5.85. The number of benzene rings is 1. The van der Waals surface area contributed by atoms with Crippen molar-refractivity contribution in [3.05, 3.63) is 38.5 Å². The van der Waals surface area contributed by atoms with Crippen molar-refractivity contribution in [1.82, 2.24) is 9.78 Å². The van der Waals surface area contributed by atoms with E-state index in [0.29, 0.717) is 16.3 Å². The van der Waals surface area contributed by atoms with E-state index >= 15 is 0 Å². The van der Waals surface area contributed by atoms with Gasteiger partial charge in [-0.05, 0) is 48.0 Å². The molecule has 0 aliphatic rings. The van der Waals surface area contributed by atoms with Gasteiger partial charge in [-0.1, -0.05) is 15.9 Å². The van der Waals surface area contributed by atoms with E-state index in [1.54, 1.807) is 12.1 Å². The largest absolute Gasteiger partial charge is 0.398 e. The minimum atomic E-state index is -1.21. The van der Waals surface area contributed by atoms with Gasteiger partial charge in [0.1, 0.15) is 0 Å². The molecule has 0 amide bonds. The highest BCUT2D eigenvalue weighted by atomic mass is 79.9. The molecule has 0 bridgehead atoms. The van der Waals surface area contributed by atoms with Crippen molar-refractivity contribution in [2.75, 3.05) is 5.73 Å². The summed E-state index contributed by atoms with van der Waals surface area (Å²) in [6.45, 7) is 4.68. The van der Waals surface area contributed by atoms with Crippen molar-refractivity contribution in [2.24, 2.45) is 0 Å². The van der Waals surface area contributed by atoms with Crippen LogP contribution < -0.4 is 5.73 Å². The zero-order valence-corrected chi connectivity index (χ0v) is 15.2. The number of nitrogens with two attached hydrogens (primary N) is 1. The fourth-order valence-electron chi connectivity index (χ4n) is 1.91. The van der Waals surface area contributed by atoms with Crippen molar-refractivity contribution < 1.29 is 4.21 Å². The second-order valence-electron chi connectivity index (χ2n) is 4.33. The van der Waals surface area contributed by atoms with E-state index in [1.807, 2.05) is 24.6 Å². The van der Waals surface area contributed by atoms with Crippen LogP contribution in [0.15, 0.2) is 32.0 Å². The number of anilines is 1. The van der Waals surface area contributed by atoms with Gasteiger partial charge in [-0.15, -0.1) is 0 Å². The number of nitrogen functional groups attached to an aromatic ring is 1. The van der Waals surface area contributed by atoms with Crippen LogP contribution in [0.5, 0.6) is 0 Å². The molecule has 0 saturated heterocycles. The molecule has 2 rings (SSSR count). The molecule has 1 aromatic carbocycles. The molecule has 0 saturated carbocycles. The van der Waals surface area contributed by atoms with E-state index < -0.39 is 10.8 Å². The topological polar surface area (TPSA) is 60.9 Å². The van der Waals surface area contributed by atoms with Crippen LogP contribution in [-0.4, -0.2) is 14.0 Å². The molecular weight excluding hydrogens is 406 g/mol. The number of rotatable bonds is 4. The summed E-state index contributed by atoms with van der Waals surface area (Å²) < 4.78 is 16.2. The van der Waals surface area contributed by atoms with Gasteiger partial charge in [-0.25, -0.2) is 0 Å². The highest BCUT2D eigenvalue weighted by molar-refractivity contribution is 9.10. The van der Waals surface area contributed by atoms with Gasteiger partial charge in [-0.3, -0.25) is 8.89 Å². The summed E-state index contributed by atoms with van der Waals surface area (Å²) in [5.74, 6) is 0.385. The van der Waals surface area contributed by atoms with Crippen molar-refractivity contribution in [3.63, 3.8) is 0 Å². The number of aromatic nitrogens is 2. The van der Waals surface area contributed by atoms with Gasteiger partial charge in [-0.2, -0.15) is 5.10 Å². The normalized spacial score (nSPS) is 12.6. The second-order valence-corrected chi connectivity index (χ2v) is 7.46. The van der Waals surface area contributed by atoms with Crippen LogP contribution in [0.3, 0.4) is 0 Å². The first-order chi connectivity index (χ1) is 9.43. The third-order valence-electron chi connectivity index (χ3n) is 2.94. The summed E-state index contributed by atoms with van der Waals surface area (Å²) in [4.78, 5) is 0.646. The van der Waals surface area contributed by atoms with Crippen molar-refractivity contribution >= 4 is 48.3 Å². The van der Waals surface area contributed by atoms with Crippen molar-refractivity contribution in [1.29, 1.82) is 0 Å². The fourth-order valence-corrected chi connectivity index (χ4v) is 4.32. The summed E-state index contributed by atoms with van der Waals surface area (Å²) in [5.41, 5.74) is 8.29.